The number of hydrogen-bond acceptors (Lipinski definition) is 6. The van der Waals surface area contributed by atoms with Crippen molar-refractivity contribution in [2.75, 3.05) is 13.7 Å². The van der Waals surface area contributed by atoms with Gasteiger partial charge in [-0.25, -0.2) is 4.79 Å². The van der Waals surface area contributed by atoms with Gasteiger partial charge in [0, 0.05) is 23.1 Å². The quantitative estimate of drug-likeness (QED) is 0.482. The van der Waals surface area contributed by atoms with E-state index in [-0.39, 0.29) is 24.8 Å². The van der Waals surface area contributed by atoms with E-state index in [1.54, 1.807) is 42.5 Å². The Morgan fingerprint density at radius 3 is 2.71 bits per heavy atom. The number of carbonyl (C=O) groups is 4. The normalized spacial score (nSPS) is 20.0. The number of fused-ring (bicyclic) bond motifs is 2. The number of urea groups is 1. The summed E-state index contributed by atoms with van der Waals surface area (Å²) in [6.07, 6.45) is 0.709. The third kappa shape index (κ3) is 2.85. The van der Waals surface area contributed by atoms with Crippen molar-refractivity contribution < 1.29 is 28.3 Å². The summed E-state index contributed by atoms with van der Waals surface area (Å²) in [4.78, 5) is 50.6. The Morgan fingerprint density at radius 2 is 2.00 bits per heavy atom. The van der Waals surface area contributed by atoms with Crippen LogP contribution >= 0.6 is 0 Å². The summed E-state index contributed by atoms with van der Waals surface area (Å²) in [6, 6.07) is 11.0. The minimum absolute atomic E-state index is 0.124. The summed E-state index contributed by atoms with van der Waals surface area (Å²) in [5, 5.41) is 5.48. The van der Waals surface area contributed by atoms with E-state index in [0.29, 0.717) is 34.1 Å². The number of nitrogens with zero attached hydrogens (tertiary/aromatic N) is 1. The van der Waals surface area contributed by atoms with Crippen LogP contribution in [-0.2, 0) is 16.9 Å². The van der Waals surface area contributed by atoms with Crippen LogP contribution in [0.1, 0.15) is 32.0 Å². The maximum atomic E-state index is 13.0. The number of imide groups is 1. The molecular weight excluding hydrogens is 402 g/mol. The highest BCUT2D eigenvalue weighted by Crippen LogP contribution is 2.35. The van der Waals surface area contributed by atoms with Crippen molar-refractivity contribution in [3.05, 3.63) is 64.9 Å². The number of amides is 4. The molecule has 2 N–H and O–H groups in total. The monoisotopic (exact) mass is 419 g/mol. The molecule has 0 spiro atoms. The van der Waals surface area contributed by atoms with Crippen molar-refractivity contribution in [3.8, 4) is 5.75 Å². The minimum Gasteiger partial charge on any atom is -0.497 e. The van der Waals surface area contributed by atoms with Crippen LogP contribution in [0.25, 0.3) is 11.0 Å². The largest absolute Gasteiger partial charge is 0.497 e. The van der Waals surface area contributed by atoms with E-state index >= 15 is 0 Å². The lowest BCUT2D eigenvalue weighted by atomic mass is 9.95. The predicted octanol–water partition coefficient (Wildman–Crippen LogP) is 1.94. The summed E-state index contributed by atoms with van der Waals surface area (Å²) in [5.74, 6) is -0.163. The van der Waals surface area contributed by atoms with Crippen LogP contribution in [0, 0.1) is 0 Å². The molecule has 1 aromatic heterocycles. The molecule has 2 aromatic carbocycles. The summed E-state index contributed by atoms with van der Waals surface area (Å²) in [7, 11) is 1.52. The number of hydrogen-bond donors (Lipinski definition) is 2. The Hall–Kier alpha value is -4.14. The number of furan rings is 1. The number of carbonyl (C=O) groups excluding carboxylic acids is 4. The van der Waals surface area contributed by atoms with Crippen molar-refractivity contribution >= 4 is 35.1 Å². The molecule has 0 aliphatic carbocycles. The molecule has 1 saturated heterocycles. The Balaban J connectivity index is 1.55. The van der Waals surface area contributed by atoms with Crippen LogP contribution < -0.4 is 15.4 Å². The van der Waals surface area contributed by atoms with Gasteiger partial charge in [-0.3, -0.25) is 19.7 Å². The second-order valence-corrected chi connectivity index (χ2v) is 7.52. The lowest BCUT2D eigenvalue weighted by Gasteiger charge is -2.29. The maximum absolute atomic E-state index is 13.0. The Kier molecular flexibility index (Phi) is 4.07. The lowest BCUT2D eigenvalue weighted by molar-refractivity contribution is -0.125. The van der Waals surface area contributed by atoms with Crippen molar-refractivity contribution in [1.29, 1.82) is 0 Å². The SMILES string of the molecule is COc1ccc2c(c1)C(=O)N(C[C@@]1(c3cc4cc(C=O)ccc4o3)NC(=O)NC1=O)C2. The third-order valence-corrected chi connectivity index (χ3v) is 5.66. The van der Waals surface area contributed by atoms with Gasteiger partial charge in [0.2, 0.25) is 0 Å². The molecule has 1 atom stereocenters. The molecule has 31 heavy (non-hydrogen) atoms. The fraction of sp³-hybridized carbons (Fsp3) is 0.182. The Labute approximate surface area is 175 Å². The van der Waals surface area contributed by atoms with E-state index < -0.39 is 17.5 Å². The van der Waals surface area contributed by atoms with Gasteiger partial charge in [0.25, 0.3) is 11.8 Å². The molecule has 4 amide bonds. The molecule has 0 bridgehead atoms. The number of methoxy groups -OCH3 is 1. The fourth-order valence-electron chi connectivity index (χ4n) is 4.08. The number of aldehydes is 1. The first-order valence-electron chi connectivity index (χ1n) is 9.52. The second-order valence-electron chi connectivity index (χ2n) is 7.52. The second kappa shape index (κ2) is 6.69. The first kappa shape index (κ1) is 18.9. The van der Waals surface area contributed by atoms with Gasteiger partial charge >= 0.3 is 6.03 Å². The summed E-state index contributed by atoms with van der Waals surface area (Å²) >= 11 is 0. The van der Waals surface area contributed by atoms with E-state index in [2.05, 4.69) is 10.6 Å². The molecular formula is C22H17N3O6. The van der Waals surface area contributed by atoms with Gasteiger partial charge in [-0.1, -0.05) is 6.07 Å². The van der Waals surface area contributed by atoms with E-state index in [0.717, 1.165) is 5.56 Å². The summed E-state index contributed by atoms with van der Waals surface area (Å²) < 4.78 is 11.1. The highest BCUT2D eigenvalue weighted by atomic mass is 16.5. The van der Waals surface area contributed by atoms with Gasteiger partial charge in [-0.05, 0) is 42.0 Å². The summed E-state index contributed by atoms with van der Waals surface area (Å²) in [5.41, 5.74) is 0.590. The van der Waals surface area contributed by atoms with Gasteiger partial charge in [-0.2, -0.15) is 0 Å². The molecule has 9 heteroatoms. The highest BCUT2D eigenvalue weighted by molar-refractivity contribution is 6.08. The smallest absolute Gasteiger partial charge is 0.322 e. The van der Waals surface area contributed by atoms with Gasteiger partial charge in [0.05, 0.1) is 13.7 Å². The third-order valence-electron chi connectivity index (χ3n) is 5.66. The van der Waals surface area contributed by atoms with Crippen LogP contribution in [0.5, 0.6) is 5.75 Å². The standard InChI is InChI=1S/C22H17N3O6/c1-30-15-4-3-13-9-25(19(27)16(13)8-15)11-22(20(28)23-21(29)24-22)18-7-14-6-12(10-26)2-5-17(14)31-18/h2-8,10H,9,11H2,1H3,(H2,23,24,28,29)/t22-/m0/s1. The minimum atomic E-state index is -1.60. The number of nitrogens with one attached hydrogen (secondary N) is 2. The molecule has 3 aromatic rings. The number of rotatable bonds is 5. The van der Waals surface area contributed by atoms with Crippen LogP contribution in [0.15, 0.2) is 46.9 Å². The Bertz CT molecular complexity index is 1280. The molecule has 0 radical (unpaired) electrons. The van der Waals surface area contributed by atoms with Crippen molar-refractivity contribution in [2.24, 2.45) is 0 Å². The van der Waals surface area contributed by atoms with Gasteiger partial charge in [-0.15, -0.1) is 0 Å². The average molecular weight is 419 g/mol. The van der Waals surface area contributed by atoms with Crippen LogP contribution in [-0.4, -0.2) is 42.7 Å². The molecule has 2 aliphatic rings. The van der Waals surface area contributed by atoms with E-state index in [1.165, 1.54) is 12.0 Å². The van der Waals surface area contributed by atoms with Crippen molar-refractivity contribution in [1.82, 2.24) is 15.5 Å². The number of benzene rings is 2. The van der Waals surface area contributed by atoms with Gasteiger partial charge in [0.1, 0.15) is 23.4 Å². The zero-order valence-electron chi connectivity index (χ0n) is 16.4. The molecule has 3 heterocycles. The molecule has 2 aliphatic heterocycles. The number of ether oxygens (including phenoxy) is 1. The topological polar surface area (TPSA) is 118 Å². The maximum Gasteiger partial charge on any atom is 0.322 e. The van der Waals surface area contributed by atoms with E-state index in [1.807, 2.05) is 0 Å². The lowest BCUT2D eigenvalue weighted by Crippen LogP contribution is -2.52. The van der Waals surface area contributed by atoms with Crippen molar-refractivity contribution in [3.63, 3.8) is 0 Å². The first-order chi connectivity index (χ1) is 14.9. The Morgan fingerprint density at radius 1 is 1.16 bits per heavy atom. The fourth-order valence-corrected chi connectivity index (χ4v) is 4.08. The van der Waals surface area contributed by atoms with E-state index in [9.17, 15) is 19.2 Å². The zero-order valence-corrected chi connectivity index (χ0v) is 16.4. The van der Waals surface area contributed by atoms with Gasteiger partial charge in [0.15, 0.2) is 5.54 Å². The van der Waals surface area contributed by atoms with Crippen molar-refractivity contribution in [2.45, 2.75) is 12.1 Å². The zero-order chi connectivity index (χ0) is 21.8. The molecule has 0 unspecified atom stereocenters. The highest BCUT2D eigenvalue weighted by Gasteiger charge is 2.53. The first-order valence-corrected chi connectivity index (χ1v) is 9.52. The van der Waals surface area contributed by atoms with E-state index in [4.69, 9.17) is 9.15 Å². The van der Waals surface area contributed by atoms with Crippen LogP contribution in [0.3, 0.4) is 0 Å². The summed E-state index contributed by atoms with van der Waals surface area (Å²) in [6.45, 7) is 0.152. The van der Waals surface area contributed by atoms with Gasteiger partial charge < -0.3 is 19.4 Å². The molecule has 1 fully saturated rings. The van der Waals surface area contributed by atoms with Crippen LogP contribution in [0.4, 0.5) is 4.79 Å². The average Bonchev–Trinajstić information content (AvgIpc) is 3.41. The molecule has 0 saturated carbocycles. The molecule has 156 valence electrons. The molecule has 5 rings (SSSR count). The molecule has 9 nitrogen and oxygen atoms in total. The van der Waals surface area contributed by atoms with Crippen LogP contribution in [0.2, 0.25) is 0 Å². The predicted molar refractivity (Wildman–Crippen MR) is 108 cm³/mol.